The van der Waals surface area contributed by atoms with Crippen LogP contribution in [0.1, 0.15) is 16.8 Å². The zero-order chi connectivity index (χ0) is 21.3. The Morgan fingerprint density at radius 1 is 1.17 bits per heavy atom. The zero-order valence-corrected chi connectivity index (χ0v) is 15.9. The third-order valence-corrected chi connectivity index (χ3v) is 4.87. The average Bonchev–Trinajstić information content (AvgIpc) is 2.68. The van der Waals surface area contributed by atoms with E-state index in [1.54, 1.807) is 30.3 Å². The Labute approximate surface area is 170 Å². The number of nitrogens with zero attached hydrogens (tertiary/aromatic N) is 2. The molecule has 0 saturated carbocycles. The molecule has 156 valence electrons. The van der Waals surface area contributed by atoms with Crippen molar-refractivity contribution in [2.75, 3.05) is 12.3 Å². The molecule has 3 N–H and O–H groups in total. The first kappa shape index (κ1) is 20.0. The van der Waals surface area contributed by atoms with Crippen molar-refractivity contribution in [1.82, 2.24) is 14.9 Å². The molecular formula is C21H19F3N4O2. The lowest BCUT2D eigenvalue weighted by Crippen LogP contribution is -2.35. The number of fused-ring (bicyclic) bond motifs is 1. The summed E-state index contributed by atoms with van der Waals surface area (Å²) in [7, 11) is 0. The number of aromatic nitrogens is 2. The first-order chi connectivity index (χ1) is 14.3. The van der Waals surface area contributed by atoms with E-state index in [1.807, 2.05) is 4.90 Å². The Balaban J connectivity index is 1.51. The van der Waals surface area contributed by atoms with Gasteiger partial charge in [-0.1, -0.05) is 12.1 Å². The van der Waals surface area contributed by atoms with Gasteiger partial charge in [0.1, 0.15) is 11.6 Å². The first-order valence-electron chi connectivity index (χ1n) is 9.32. The highest BCUT2D eigenvalue weighted by Gasteiger charge is 2.31. The molecule has 4 rings (SSSR count). The van der Waals surface area contributed by atoms with Crippen LogP contribution in [0.25, 0.3) is 11.4 Å². The summed E-state index contributed by atoms with van der Waals surface area (Å²) < 4.78 is 41.3. The van der Waals surface area contributed by atoms with E-state index in [-0.39, 0.29) is 11.3 Å². The number of hydrogen-bond donors (Lipinski definition) is 2. The minimum atomic E-state index is -4.73. The largest absolute Gasteiger partial charge is 0.573 e. The van der Waals surface area contributed by atoms with Gasteiger partial charge >= 0.3 is 6.36 Å². The molecule has 0 bridgehead atoms. The van der Waals surface area contributed by atoms with E-state index in [4.69, 9.17) is 5.73 Å². The molecule has 0 spiro atoms. The standard InChI is InChI=1S/C21H19F3N4O2/c22-21(23,24)30-16-3-1-2-13(10-16)11-28-9-8-18-17(12-28)20(29)27-19(26-18)14-4-6-15(25)7-5-14/h1-7,10H,8-9,11-12,25H2,(H,26,27,29). The Morgan fingerprint density at radius 3 is 2.67 bits per heavy atom. The molecule has 3 aromatic rings. The fourth-order valence-electron chi connectivity index (χ4n) is 3.49. The smallest absolute Gasteiger partial charge is 0.406 e. The normalized spacial score (nSPS) is 14.4. The van der Waals surface area contributed by atoms with Gasteiger partial charge in [0.15, 0.2) is 0 Å². The predicted octanol–water partition coefficient (Wildman–Crippen LogP) is 3.48. The Kier molecular flexibility index (Phi) is 5.21. The van der Waals surface area contributed by atoms with Crippen LogP contribution in [0.4, 0.5) is 18.9 Å². The summed E-state index contributed by atoms with van der Waals surface area (Å²) in [4.78, 5) is 22.0. The van der Waals surface area contributed by atoms with Crippen molar-refractivity contribution in [2.45, 2.75) is 25.9 Å². The van der Waals surface area contributed by atoms with Gasteiger partial charge in [0.05, 0.1) is 11.3 Å². The number of aromatic amines is 1. The summed E-state index contributed by atoms with van der Waals surface area (Å²) in [6.07, 6.45) is -4.16. The molecule has 1 aromatic heterocycles. The maximum Gasteiger partial charge on any atom is 0.573 e. The molecule has 1 aliphatic rings. The molecular weight excluding hydrogens is 397 g/mol. The molecule has 0 fully saturated rings. The van der Waals surface area contributed by atoms with E-state index < -0.39 is 6.36 Å². The number of nitrogens with two attached hydrogens (primary N) is 1. The Morgan fingerprint density at radius 2 is 1.93 bits per heavy atom. The summed E-state index contributed by atoms with van der Waals surface area (Å²) >= 11 is 0. The summed E-state index contributed by atoms with van der Waals surface area (Å²) in [5, 5.41) is 0. The minimum absolute atomic E-state index is 0.217. The second kappa shape index (κ2) is 7.83. The topological polar surface area (TPSA) is 84.2 Å². The number of nitrogen functional groups attached to an aromatic ring is 1. The van der Waals surface area contributed by atoms with Crippen molar-refractivity contribution in [3.63, 3.8) is 0 Å². The highest BCUT2D eigenvalue weighted by molar-refractivity contribution is 5.58. The molecule has 2 aromatic carbocycles. The molecule has 30 heavy (non-hydrogen) atoms. The highest BCUT2D eigenvalue weighted by atomic mass is 19.4. The van der Waals surface area contributed by atoms with Crippen molar-refractivity contribution < 1.29 is 17.9 Å². The van der Waals surface area contributed by atoms with Crippen LogP contribution in [0.2, 0.25) is 0 Å². The van der Waals surface area contributed by atoms with Crippen molar-refractivity contribution in [1.29, 1.82) is 0 Å². The predicted molar refractivity (Wildman–Crippen MR) is 106 cm³/mol. The molecule has 0 saturated heterocycles. The van der Waals surface area contributed by atoms with Crippen LogP contribution in [0, 0.1) is 0 Å². The van der Waals surface area contributed by atoms with E-state index in [2.05, 4.69) is 14.7 Å². The van der Waals surface area contributed by atoms with Crippen LogP contribution in [-0.2, 0) is 19.5 Å². The molecule has 0 radical (unpaired) electrons. The first-order valence-corrected chi connectivity index (χ1v) is 9.32. The molecule has 1 aliphatic heterocycles. The highest BCUT2D eigenvalue weighted by Crippen LogP contribution is 2.25. The quantitative estimate of drug-likeness (QED) is 0.637. The van der Waals surface area contributed by atoms with Gasteiger partial charge in [0, 0.05) is 37.3 Å². The molecule has 0 unspecified atom stereocenters. The zero-order valence-electron chi connectivity index (χ0n) is 15.9. The van der Waals surface area contributed by atoms with Crippen LogP contribution in [0.5, 0.6) is 5.75 Å². The summed E-state index contributed by atoms with van der Waals surface area (Å²) in [5.41, 5.74) is 8.86. The molecule has 0 aliphatic carbocycles. The van der Waals surface area contributed by atoms with E-state index in [0.29, 0.717) is 48.7 Å². The van der Waals surface area contributed by atoms with Crippen molar-refractivity contribution in [3.8, 4) is 17.1 Å². The average molecular weight is 416 g/mol. The van der Waals surface area contributed by atoms with Crippen LogP contribution >= 0.6 is 0 Å². The van der Waals surface area contributed by atoms with Crippen molar-refractivity contribution in [2.24, 2.45) is 0 Å². The number of alkyl halides is 3. The number of rotatable bonds is 4. The molecule has 9 heteroatoms. The van der Waals surface area contributed by atoms with Gasteiger partial charge in [-0.15, -0.1) is 13.2 Å². The van der Waals surface area contributed by atoms with Crippen molar-refractivity contribution >= 4 is 5.69 Å². The summed E-state index contributed by atoms with van der Waals surface area (Å²) in [6.45, 7) is 1.40. The van der Waals surface area contributed by atoms with Gasteiger partial charge in [0.2, 0.25) is 0 Å². The second-order valence-electron chi connectivity index (χ2n) is 7.12. The Bertz CT molecular complexity index is 1110. The number of nitrogens with one attached hydrogen (secondary N) is 1. The fraction of sp³-hybridized carbons (Fsp3) is 0.238. The minimum Gasteiger partial charge on any atom is -0.406 e. The van der Waals surface area contributed by atoms with Gasteiger partial charge in [-0.3, -0.25) is 9.69 Å². The van der Waals surface area contributed by atoms with Crippen LogP contribution in [0.3, 0.4) is 0 Å². The Hall–Kier alpha value is -3.33. The molecule has 0 atom stereocenters. The summed E-state index contributed by atoms with van der Waals surface area (Å²) in [6, 6.07) is 12.9. The molecule has 2 heterocycles. The van der Waals surface area contributed by atoms with Gasteiger partial charge < -0.3 is 15.5 Å². The van der Waals surface area contributed by atoms with Gasteiger partial charge in [0.25, 0.3) is 5.56 Å². The number of benzene rings is 2. The number of H-pyrrole nitrogens is 1. The SMILES string of the molecule is Nc1ccc(-c2nc3c(c(=O)[nH]2)CN(Cc2cccc(OC(F)(F)F)c2)CC3)cc1. The lowest BCUT2D eigenvalue weighted by Gasteiger charge is -2.28. The molecule has 6 nitrogen and oxygen atoms in total. The van der Waals surface area contributed by atoms with Gasteiger partial charge in [-0.05, 0) is 42.0 Å². The monoisotopic (exact) mass is 416 g/mol. The lowest BCUT2D eigenvalue weighted by atomic mass is 10.1. The number of anilines is 1. The molecule has 0 amide bonds. The van der Waals surface area contributed by atoms with Gasteiger partial charge in [-0.25, -0.2) is 4.98 Å². The third-order valence-electron chi connectivity index (χ3n) is 4.87. The van der Waals surface area contributed by atoms with Crippen LogP contribution in [-0.4, -0.2) is 27.8 Å². The van der Waals surface area contributed by atoms with E-state index in [0.717, 1.165) is 11.3 Å². The maximum absolute atomic E-state index is 12.6. The fourth-order valence-corrected chi connectivity index (χ4v) is 3.49. The van der Waals surface area contributed by atoms with Crippen molar-refractivity contribution in [3.05, 3.63) is 75.7 Å². The lowest BCUT2D eigenvalue weighted by molar-refractivity contribution is -0.274. The number of halogens is 3. The third kappa shape index (κ3) is 4.62. The van der Waals surface area contributed by atoms with Gasteiger partial charge in [-0.2, -0.15) is 0 Å². The van der Waals surface area contributed by atoms with E-state index in [1.165, 1.54) is 18.2 Å². The van der Waals surface area contributed by atoms with Crippen LogP contribution < -0.4 is 16.0 Å². The maximum atomic E-state index is 12.6. The van der Waals surface area contributed by atoms with E-state index in [9.17, 15) is 18.0 Å². The summed E-state index contributed by atoms with van der Waals surface area (Å²) in [5.74, 6) is 0.231. The number of hydrogen-bond acceptors (Lipinski definition) is 5. The van der Waals surface area contributed by atoms with Crippen LogP contribution in [0.15, 0.2) is 53.3 Å². The van der Waals surface area contributed by atoms with E-state index >= 15 is 0 Å². The number of ether oxygens (including phenoxy) is 1. The second-order valence-corrected chi connectivity index (χ2v) is 7.12.